The fourth-order valence-corrected chi connectivity index (χ4v) is 2.56. The van der Waals surface area contributed by atoms with E-state index in [1.807, 2.05) is 39.0 Å². The first-order chi connectivity index (χ1) is 13.4. The third-order valence-corrected chi connectivity index (χ3v) is 3.79. The van der Waals surface area contributed by atoms with E-state index in [0.29, 0.717) is 23.4 Å². The number of carbonyl (C=O) groups excluding carboxylic acids is 3. The summed E-state index contributed by atoms with van der Waals surface area (Å²) in [4.78, 5) is 35.5. The Morgan fingerprint density at radius 1 is 0.893 bits per heavy atom. The van der Waals surface area contributed by atoms with Crippen molar-refractivity contribution in [3.8, 4) is 5.75 Å². The molecule has 2 aromatic rings. The number of amides is 3. The zero-order chi connectivity index (χ0) is 20.5. The van der Waals surface area contributed by atoms with Gasteiger partial charge >= 0.3 is 0 Å². The minimum absolute atomic E-state index is 0.0734. The fraction of sp³-hybridized carbons (Fsp3) is 0.286. The van der Waals surface area contributed by atoms with Crippen LogP contribution >= 0.6 is 0 Å². The summed E-state index contributed by atoms with van der Waals surface area (Å²) in [5, 5.41) is 2.74. The quantitative estimate of drug-likeness (QED) is 0.641. The number of anilines is 1. The normalized spacial score (nSPS) is 10.1. The molecule has 0 radical (unpaired) electrons. The van der Waals surface area contributed by atoms with Crippen molar-refractivity contribution in [3.63, 3.8) is 0 Å². The van der Waals surface area contributed by atoms with Crippen molar-refractivity contribution in [1.82, 2.24) is 10.9 Å². The molecule has 0 aliphatic rings. The Hall–Kier alpha value is -3.35. The summed E-state index contributed by atoms with van der Waals surface area (Å²) in [5.41, 5.74) is 7.69. The highest BCUT2D eigenvalue weighted by Crippen LogP contribution is 2.16. The third kappa shape index (κ3) is 6.75. The second-order valence-electron chi connectivity index (χ2n) is 6.49. The van der Waals surface area contributed by atoms with Crippen LogP contribution in [0.5, 0.6) is 5.75 Å². The first-order valence-electron chi connectivity index (χ1n) is 9.07. The van der Waals surface area contributed by atoms with Gasteiger partial charge in [0.05, 0.1) is 0 Å². The van der Waals surface area contributed by atoms with Crippen LogP contribution in [0.4, 0.5) is 5.69 Å². The average Bonchev–Trinajstić information content (AvgIpc) is 2.64. The number of hydrazine groups is 1. The molecule has 0 aliphatic carbocycles. The summed E-state index contributed by atoms with van der Waals surface area (Å²) in [6, 6.07) is 12.1. The molecule has 7 nitrogen and oxygen atoms in total. The molecule has 2 aromatic carbocycles. The van der Waals surface area contributed by atoms with Crippen LogP contribution in [0.15, 0.2) is 42.5 Å². The summed E-state index contributed by atoms with van der Waals surface area (Å²) in [6.45, 7) is 5.60. The summed E-state index contributed by atoms with van der Waals surface area (Å²) in [6.07, 6.45) is 1.21. The molecule has 0 fully saturated rings. The zero-order valence-electron chi connectivity index (χ0n) is 16.3. The Balaban J connectivity index is 1.79. The second-order valence-corrected chi connectivity index (χ2v) is 6.49. The number of hydrogen-bond acceptors (Lipinski definition) is 4. The van der Waals surface area contributed by atoms with Gasteiger partial charge in [0.25, 0.3) is 11.8 Å². The van der Waals surface area contributed by atoms with Gasteiger partial charge in [0.2, 0.25) is 5.91 Å². The molecule has 0 saturated carbocycles. The van der Waals surface area contributed by atoms with E-state index in [2.05, 4.69) is 16.2 Å². The fourth-order valence-electron chi connectivity index (χ4n) is 2.56. The maximum atomic E-state index is 12.1. The number of hydrogen-bond donors (Lipinski definition) is 3. The monoisotopic (exact) mass is 383 g/mol. The molecule has 2 rings (SSSR count). The highest BCUT2D eigenvalue weighted by Gasteiger charge is 2.09. The predicted octanol–water partition coefficient (Wildman–Crippen LogP) is 2.88. The second kappa shape index (κ2) is 10.1. The van der Waals surface area contributed by atoms with Crippen LogP contribution in [0.25, 0.3) is 0 Å². The minimum atomic E-state index is -0.476. The van der Waals surface area contributed by atoms with E-state index in [4.69, 9.17) is 4.74 Å². The van der Waals surface area contributed by atoms with Crippen molar-refractivity contribution in [2.75, 3.05) is 11.9 Å². The van der Waals surface area contributed by atoms with Crippen molar-refractivity contribution < 1.29 is 19.1 Å². The number of aryl methyl sites for hydroxylation is 2. The topological polar surface area (TPSA) is 96.5 Å². The lowest BCUT2D eigenvalue weighted by atomic mass is 10.1. The van der Waals surface area contributed by atoms with E-state index >= 15 is 0 Å². The van der Waals surface area contributed by atoms with Gasteiger partial charge in [-0.15, -0.1) is 0 Å². The van der Waals surface area contributed by atoms with Gasteiger partial charge in [-0.3, -0.25) is 25.2 Å². The molecule has 148 valence electrons. The van der Waals surface area contributed by atoms with Crippen LogP contribution < -0.4 is 20.9 Å². The minimum Gasteiger partial charge on any atom is -0.484 e. The third-order valence-electron chi connectivity index (χ3n) is 3.79. The van der Waals surface area contributed by atoms with Crippen LogP contribution in [0.1, 0.15) is 41.3 Å². The lowest BCUT2D eigenvalue weighted by Crippen LogP contribution is -2.43. The summed E-state index contributed by atoms with van der Waals surface area (Å²) in [7, 11) is 0. The molecule has 0 aliphatic heterocycles. The Kier molecular flexibility index (Phi) is 7.56. The number of nitrogens with one attached hydrogen (secondary N) is 3. The lowest BCUT2D eigenvalue weighted by Gasteiger charge is -2.10. The van der Waals surface area contributed by atoms with Gasteiger partial charge in [-0.1, -0.05) is 13.0 Å². The number of rotatable bonds is 7. The molecule has 28 heavy (non-hydrogen) atoms. The summed E-state index contributed by atoms with van der Waals surface area (Å²) in [5.74, 6) is -0.419. The van der Waals surface area contributed by atoms with E-state index in [-0.39, 0.29) is 12.5 Å². The van der Waals surface area contributed by atoms with Crippen LogP contribution in [0, 0.1) is 13.8 Å². The highest BCUT2D eigenvalue weighted by molar-refractivity contribution is 5.96. The van der Waals surface area contributed by atoms with Crippen LogP contribution in [-0.2, 0) is 9.59 Å². The molecule has 0 bridgehead atoms. The molecule has 3 amide bonds. The maximum absolute atomic E-state index is 12.1. The first-order valence-corrected chi connectivity index (χ1v) is 9.07. The van der Waals surface area contributed by atoms with E-state index in [1.165, 1.54) is 0 Å². The number of ether oxygens (including phenoxy) is 1. The van der Waals surface area contributed by atoms with Crippen LogP contribution in [-0.4, -0.2) is 24.3 Å². The van der Waals surface area contributed by atoms with Crippen molar-refractivity contribution in [2.24, 2.45) is 0 Å². The smallest absolute Gasteiger partial charge is 0.276 e. The summed E-state index contributed by atoms with van der Waals surface area (Å²) >= 11 is 0. The van der Waals surface area contributed by atoms with Crippen molar-refractivity contribution in [3.05, 3.63) is 59.2 Å². The Bertz CT molecular complexity index is 827. The predicted molar refractivity (Wildman–Crippen MR) is 107 cm³/mol. The largest absolute Gasteiger partial charge is 0.484 e. The van der Waals surface area contributed by atoms with Crippen LogP contribution in [0.3, 0.4) is 0 Å². The van der Waals surface area contributed by atoms with Gasteiger partial charge in [0, 0.05) is 17.7 Å². The molecule has 0 aromatic heterocycles. The van der Waals surface area contributed by atoms with Crippen molar-refractivity contribution >= 4 is 23.4 Å². The summed E-state index contributed by atoms with van der Waals surface area (Å²) < 4.78 is 5.44. The van der Waals surface area contributed by atoms with Gasteiger partial charge in [0.15, 0.2) is 6.61 Å². The molecular formula is C21H25N3O4. The van der Waals surface area contributed by atoms with E-state index in [9.17, 15) is 14.4 Å². The highest BCUT2D eigenvalue weighted by atomic mass is 16.5. The maximum Gasteiger partial charge on any atom is 0.276 e. The SMILES string of the molecule is CCCC(=O)Nc1ccc(C(=O)NNC(=O)COc2cc(C)cc(C)c2)cc1. The Labute approximate surface area is 164 Å². The van der Waals surface area contributed by atoms with Crippen molar-refractivity contribution in [1.29, 1.82) is 0 Å². The average molecular weight is 383 g/mol. The molecule has 0 spiro atoms. The van der Waals surface area contributed by atoms with E-state index in [0.717, 1.165) is 17.5 Å². The molecule has 0 atom stereocenters. The molecule has 7 heteroatoms. The first kappa shape index (κ1) is 21.0. The van der Waals surface area contributed by atoms with Crippen molar-refractivity contribution in [2.45, 2.75) is 33.6 Å². The van der Waals surface area contributed by atoms with Gasteiger partial charge < -0.3 is 10.1 Å². The van der Waals surface area contributed by atoms with Crippen LogP contribution in [0.2, 0.25) is 0 Å². The van der Waals surface area contributed by atoms with Gasteiger partial charge in [-0.05, 0) is 67.8 Å². The number of benzene rings is 2. The van der Waals surface area contributed by atoms with Gasteiger partial charge in [-0.25, -0.2) is 0 Å². The molecule has 0 saturated heterocycles. The Morgan fingerprint density at radius 2 is 1.54 bits per heavy atom. The zero-order valence-corrected chi connectivity index (χ0v) is 16.3. The van der Waals surface area contributed by atoms with E-state index in [1.54, 1.807) is 24.3 Å². The molecule has 0 heterocycles. The molecule has 0 unspecified atom stereocenters. The van der Waals surface area contributed by atoms with Gasteiger partial charge in [-0.2, -0.15) is 0 Å². The molecular weight excluding hydrogens is 358 g/mol. The number of carbonyl (C=O) groups is 3. The van der Waals surface area contributed by atoms with E-state index < -0.39 is 11.8 Å². The van der Waals surface area contributed by atoms with Gasteiger partial charge in [0.1, 0.15) is 5.75 Å². The lowest BCUT2D eigenvalue weighted by molar-refractivity contribution is -0.123. The molecule has 3 N–H and O–H groups in total. The standard InChI is InChI=1S/C21H25N3O4/c1-4-5-19(25)22-17-8-6-16(7-9-17)21(27)24-23-20(26)13-28-18-11-14(2)10-15(3)12-18/h6-12H,4-5,13H2,1-3H3,(H,22,25)(H,23,26)(H,24,27). The Morgan fingerprint density at radius 3 is 2.14 bits per heavy atom.